The van der Waals surface area contributed by atoms with Gasteiger partial charge in [0.05, 0.1) is 0 Å². The molecule has 0 aliphatic carbocycles. The van der Waals surface area contributed by atoms with E-state index in [9.17, 15) is 9.59 Å². The van der Waals surface area contributed by atoms with E-state index in [-0.39, 0.29) is 12.5 Å². The number of hydrogen-bond donors (Lipinski definition) is 2. The lowest BCUT2D eigenvalue weighted by Gasteiger charge is -2.05. The first-order valence-electron chi connectivity index (χ1n) is 7.13. The molecular formula is C15H17ClN4O3. The van der Waals surface area contributed by atoms with Crippen LogP contribution >= 0.6 is 11.6 Å². The van der Waals surface area contributed by atoms with Gasteiger partial charge in [0.15, 0.2) is 5.82 Å². The lowest BCUT2D eigenvalue weighted by molar-refractivity contribution is -0.136. The van der Waals surface area contributed by atoms with Crippen LogP contribution in [-0.2, 0) is 16.0 Å². The molecule has 2 N–H and O–H groups in total. The molecule has 0 saturated carbocycles. The van der Waals surface area contributed by atoms with Crippen molar-refractivity contribution in [1.82, 2.24) is 15.5 Å². The van der Waals surface area contributed by atoms with E-state index in [0.717, 1.165) is 0 Å². The molecule has 0 fully saturated rings. The molecule has 0 saturated heterocycles. The number of benzene rings is 1. The minimum Gasteiger partial charge on any atom is -0.347 e. The third kappa shape index (κ3) is 5.07. The fraction of sp³-hybridized carbons (Fsp3) is 0.333. The standard InChI is InChI=1S/C15H17ClN4O3/c1-9(2)13-19-12(23-20-13)6-7-17-14(21)15(22)18-11-5-3-4-10(16)8-11/h3-5,8-9H,6-7H2,1-2H3,(H,17,21)(H,18,22). The Bertz CT molecular complexity index is 700. The first-order valence-corrected chi connectivity index (χ1v) is 7.50. The highest BCUT2D eigenvalue weighted by Crippen LogP contribution is 2.14. The molecule has 0 radical (unpaired) electrons. The Morgan fingerprint density at radius 3 is 2.74 bits per heavy atom. The van der Waals surface area contributed by atoms with Crippen LogP contribution < -0.4 is 10.6 Å². The van der Waals surface area contributed by atoms with E-state index in [4.69, 9.17) is 16.1 Å². The summed E-state index contributed by atoms with van der Waals surface area (Å²) in [5, 5.41) is 9.25. The summed E-state index contributed by atoms with van der Waals surface area (Å²) in [6.45, 7) is 4.13. The number of halogens is 1. The summed E-state index contributed by atoms with van der Waals surface area (Å²) in [7, 11) is 0. The van der Waals surface area contributed by atoms with E-state index >= 15 is 0 Å². The van der Waals surface area contributed by atoms with Gasteiger partial charge in [-0.05, 0) is 18.2 Å². The van der Waals surface area contributed by atoms with Crippen molar-refractivity contribution in [3.63, 3.8) is 0 Å². The fourth-order valence-corrected chi connectivity index (χ4v) is 1.91. The van der Waals surface area contributed by atoms with Gasteiger partial charge in [0.25, 0.3) is 0 Å². The highest BCUT2D eigenvalue weighted by atomic mass is 35.5. The second-order valence-corrected chi connectivity index (χ2v) is 5.61. The molecule has 1 aromatic carbocycles. The number of nitrogens with zero attached hydrogens (tertiary/aromatic N) is 2. The molecule has 2 amide bonds. The van der Waals surface area contributed by atoms with E-state index in [0.29, 0.717) is 28.8 Å². The van der Waals surface area contributed by atoms with Crippen molar-refractivity contribution in [3.05, 3.63) is 41.0 Å². The van der Waals surface area contributed by atoms with Crippen LogP contribution in [0.15, 0.2) is 28.8 Å². The maximum absolute atomic E-state index is 11.7. The molecule has 0 aliphatic heterocycles. The zero-order valence-corrected chi connectivity index (χ0v) is 13.6. The number of carbonyl (C=O) groups excluding carboxylic acids is 2. The first kappa shape index (κ1) is 17.0. The van der Waals surface area contributed by atoms with Crippen molar-refractivity contribution < 1.29 is 14.1 Å². The van der Waals surface area contributed by atoms with Crippen LogP contribution in [0.25, 0.3) is 0 Å². The minimum absolute atomic E-state index is 0.172. The second kappa shape index (κ2) is 7.73. The third-order valence-corrected chi connectivity index (χ3v) is 3.15. The number of hydrogen-bond acceptors (Lipinski definition) is 5. The van der Waals surface area contributed by atoms with Crippen molar-refractivity contribution in [2.45, 2.75) is 26.2 Å². The zero-order chi connectivity index (χ0) is 16.8. The van der Waals surface area contributed by atoms with Gasteiger partial charge in [-0.15, -0.1) is 0 Å². The molecule has 2 rings (SSSR count). The van der Waals surface area contributed by atoms with Crippen molar-refractivity contribution in [2.75, 3.05) is 11.9 Å². The van der Waals surface area contributed by atoms with Crippen molar-refractivity contribution in [3.8, 4) is 0 Å². The molecule has 1 aromatic heterocycles. The van der Waals surface area contributed by atoms with Crippen LogP contribution in [0.1, 0.15) is 31.5 Å². The zero-order valence-electron chi connectivity index (χ0n) is 12.8. The summed E-state index contributed by atoms with van der Waals surface area (Å²) in [6.07, 6.45) is 0.357. The normalized spacial score (nSPS) is 10.6. The molecule has 122 valence electrons. The maximum atomic E-state index is 11.7. The van der Waals surface area contributed by atoms with Crippen LogP contribution in [0.4, 0.5) is 5.69 Å². The number of amides is 2. The Morgan fingerprint density at radius 1 is 1.30 bits per heavy atom. The fourth-order valence-electron chi connectivity index (χ4n) is 1.72. The van der Waals surface area contributed by atoms with E-state index < -0.39 is 11.8 Å². The number of carbonyl (C=O) groups is 2. The van der Waals surface area contributed by atoms with Gasteiger partial charge in [0.1, 0.15) is 0 Å². The summed E-state index contributed by atoms with van der Waals surface area (Å²) >= 11 is 5.81. The average Bonchev–Trinajstić information content (AvgIpc) is 2.96. The van der Waals surface area contributed by atoms with E-state index in [2.05, 4.69) is 20.8 Å². The SMILES string of the molecule is CC(C)c1noc(CCNC(=O)C(=O)Nc2cccc(Cl)c2)n1. The van der Waals surface area contributed by atoms with Crippen molar-refractivity contribution >= 4 is 29.1 Å². The summed E-state index contributed by atoms with van der Waals surface area (Å²) in [4.78, 5) is 27.6. The summed E-state index contributed by atoms with van der Waals surface area (Å²) in [6, 6.07) is 6.55. The molecule has 8 heteroatoms. The molecule has 23 heavy (non-hydrogen) atoms. The molecule has 7 nitrogen and oxygen atoms in total. The van der Waals surface area contributed by atoms with E-state index in [1.54, 1.807) is 24.3 Å². The number of nitrogens with one attached hydrogen (secondary N) is 2. The topological polar surface area (TPSA) is 97.1 Å². The summed E-state index contributed by atoms with van der Waals surface area (Å²) in [5.74, 6) is -0.297. The van der Waals surface area contributed by atoms with Gasteiger partial charge in [-0.2, -0.15) is 4.98 Å². The average molecular weight is 337 g/mol. The second-order valence-electron chi connectivity index (χ2n) is 5.17. The first-order chi connectivity index (χ1) is 11.0. The van der Waals surface area contributed by atoms with Gasteiger partial charge in [-0.3, -0.25) is 9.59 Å². The van der Waals surface area contributed by atoms with Gasteiger partial charge in [0, 0.05) is 29.6 Å². The summed E-state index contributed by atoms with van der Waals surface area (Å²) in [5.41, 5.74) is 0.455. The number of anilines is 1. The van der Waals surface area contributed by atoms with Gasteiger partial charge in [0.2, 0.25) is 5.89 Å². The van der Waals surface area contributed by atoms with Gasteiger partial charge in [-0.25, -0.2) is 0 Å². The van der Waals surface area contributed by atoms with Crippen LogP contribution in [0.2, 0.25) is 5.02 Å². The number of aromatic nitrogens is 2. The minimum atomic E-state index is -0.763. The monoisotopic (exact) mass is 336 g/mol. The van der Waals surface area contributed by atoms with Crippen molar-refractivity contribution in [2.24, 2.45) is 0 Å². The molecule has 0 aliphatic rings. The Labute approximate surface area is 138 Å². The Balaban J connectivity index is 1.78. The van der Waals surface area contributed by atoms with Crippen LogP contribution in [0.5, 0.6) is 0 Å². The van der Waals surface area contributed by atoms with Crippen molar-refractivity contribution in [1.29, 1.82) is 0 Å². The highest BCUT2D eigenvalue weighted by Gasteiger charge is 2.14. The lowest BCUT2D eigenvalue weighted by Crippen LogP contribution is -2.36. The molecule has 0 bridgehead atoms. The van der Waals surface area contributed by atoms with Crippen LogP contribution in [0, 0.1) is 0 Å². The van der Waals surface area contributed by atoms with Gasteiger partial charge in [-0.1, -0.05) is 36.7 Å². The molecular weight excluding hydrogens is 320 g/mol. The molecule has 0 atom stereocenters. The quantitative estimate of drug-likeness (QED) is 0.815. The Hall–Kier alpha value is -2.41. The lowest BCUT2D eigenvalue weighted by atomic mass is 10.2. The van der Waals surface area contributed by atoms with Gasteiger partial charge >= 0.3 is 11.8 Å². The van der Waals surface area contributed by atoms with Crippen LogP contribution in [0.3, 0.4) is 0 Å². The largest absolute Gasteiger partial charge is 0.347 e. The Morgan fingerprint density at radius 2 is 2.09 bits per heavy atom. The third-order valence-electron chi connectivity index (χ3n) is 2.91. The Kier molecular flexibility index (Phi) is 5.70. The molecule has 0 spiro atoms. The maximum Gasteiger partial charge on any atom is 0.313 e. The molecule has 1 heterocycles. The molecule has 0 unspecified atom stereocenters. The smallest absolute Gasteiger partial charge is 0.313 e. The number of rotatable bonds is 5. The summed E-state index contributed by atoms with van der Waals surface area (Å²) < 4.78 is 5.05. The van der Waals surface area contributed by atoms with Gasteiger partial charge < -0.3 is 15.2 Å². The highest BCUT2D eigenvalue weighted by molar-refractivity contribution is 6.39. The predicted octanol–water partition coefficient (Wildman–Crippen LogP) is 2.14. The molecule has 2 aromatic rings. The van der Waals surface area contributed by atoms with Crippen LogP contribution in [-0.4, -0.2) is 28.5 Å². The predicted molar refractivity (Wildman–Crippen MR) is 85.2 cm³/mol. The van der Waals surface area contributed by atoms with E-state index in [1.807, 2.05) is 13.8 Å². The van der Waals surface area contributed by atoms with E-state index in [1.165, 1.54) is 0 Å².